The number of nitrogens with one attached hydrogen (secondary N) is 1. The summed E-state index contributed by atoms with van der Waals surface area (Å²) in [6.45, 7) is 5.55. The molecule has 42 valence electrons. The zero-order chi connectivity index (χ0) is 5.70. The normalized spacial score (nSPS) is 13.4. The number of hydrazine groups is 1. The summed E-state index contributed by atoms with van der Waals surface area (Å²) in [7, 11) is 0. The molecule has 0 aliphatic heterocycles. The maximum atomic E-state index is 5.06. The van der Waals surface area contributed by atoms with Gasteiger partial charge in [-0.1, -0.05) is 6.08 Å². The van der Waals surface area contributed by atoms with Crippen LogP contribution < -0.4 is 11.3 Å². The molecule has 0 fully saturated rings. The average molecular weight is 100 g/mol. The Labute approximate surface area is 44.4 Å². The van der Waals surface area contributed by atoms with Gasteiger partial charge in [-0.2, -0.15) is 0 Å². The average Bonchev–Trinajstić information content (AvgIpc) is 1.68. The van der Waals surface area contributed by atoms with E-state index in [1.807, 2.05) is 13.0 Å². The number of nitrogens with two attached hydrogens (primary N) is 1. The van der Waals surface area contributed by atoms with Crippen LogP contribution in [0.4, 0.5) is 0 Å². The van der Waals surface area contributed by atoms with Crippen LogP contribution in [0, 0.1) is 0 Å². The van der Waals surface area contributed by atoms with Crippen molar-refractivity contribution < 1.29 is 0 Å². The minimum absolute atomic E-state index is 0.359. The summed E-state index contributed by atoms with van der Waals surface area (Å²) < 4.78 is 0. The predicted octanol–water partition coefficient (Wildman–Crippen LogP) is 0.414. The van der Waals surface area contributed by atoms with Gasteiger partial charge in [0.15, 0.2) is 0 Å². The van der Waals surface area contributed by atoms with E-state index in [1.165, 1.54) is 0 Å². The summed E-state index contributed by atoms with van der Waals surface area (Å²) in [5, 5.41) is 0. The Morgan fingerprint density at radius 2 is 2.57 bits per heavy atom. The number of rotatable bonds is 3. The second-order valence-electron chi connectivity index (χ2n) is 1.59. The third kappa shape index (κ3) is 3.49. The van der Waals surface area contributed by atoms with Crippen molar-refractivity contribution >= 4 is 0 Å². The summed E-state index contributed by atoms with van der Waals surface area (Å²) in [5.41, 5.74) is 2.59. The van der Waals surface area contributed by atoms with Crippen molar-refractivity contribution in [3.05, 3.63) is 12.7 Å². The highest BCUT2D eigenvalue weighted by Crippen LogP contribution is 1.85. The van der Waals surface area contributed by atoms with E-state index in [9.17, 15) is 0 Å². The van der Waals surface area contributed by atoms with E-state index >= 15 is 0 Å². The standard InChI is InChI=1S/C5H12N2/c1-3-4-5(2)7-6/h3,5,7H,1,4,6H2,2H3. The molecular weight excluding hydrogens is 88.1 g/mol. The van der Waals surface area contributed by atoms with Gasteiger partial charge in [0.2, 0.25) is 0 Å². The Bertz CT molecular complexity index is 52.0. The van der Waals surface area contributed by atoms with E-state index in [4.69, 9.17) is 5.84 Å². The lowest BCUT2D eigenvalue weighted by atomic mass is 10.2. The van der Waals surface area contributed by atoms with Crippen LogP contribution in [0.25, 0.3) is 0 Å². The van der Waals surface area contributed by atoms with Gasteiger partial charge < -0.3 is 0 Å². The van der Waals surface area contributed by atoms with Gasteiger partial charge in [0.1, 0.15) is 0 Å². The molecule has 1 unspecified atom stereocenters. The lowest BCUT2D eigenvalue weighted by Gasteiger charge is -2.03. The molecule has 0 heterocycles. The minimum atomic E-state index is 0.359. The summed E-state index contributed by atoms with van der Waals surface area (Å²) >= 11 is 0. The molecule has 0 bridgehead atoms. The van der Waals surface area contributed by atoms with E-state index in [1.54, 1.807) is 0 Å². The molecule has 0 rings (SSSR count). The van der Waals surface area contributed by atoms with Gasteiger partial charge >= 0.3 is 0 Å². The van der Waals surface area contributed by atoms with Crippen molar-refractivity contribution in [3.63, 3.8) is 0 Å². The lowest BCUT2D eigenvalue weighted by molar-refractivity contribution is 0.577. The smallest absolute Gasteiger partial charge is 0.0216 e. The first kappa shape index (κ1) is 6.66. The van der Waals surface area contributed by atoms with Crippen molar-refractivity contribution in [3.8, 4) is 0 Å². The van der Waals surface area contributed by atoms with E-state index in [-0.39, 0.29) is 0 Å². The van der Waals surface area contributed by atoms with Crippen LogP contribution in [-0.4, -0.2) is 6.04 Å². The fraction of sp³-hybridized carbons (Fsp3) is 0.600. The molecule has 0 aliphatic carbocycles. The molecular formula is C5H12N2. The van der Waals surface area contributed by atoms with Crippen molar-refractivity contribution in [2.24, 2.45) is 5.84 Å². The van der Waals surface area contributed by atoms with E-state index in [2.05, 4.69) is 12.0 Å². The van der Waals surface area contributed by atoms with Gasteiger partial charge in [0.25, 0.3) is 0 Å². The third-order valence-corrected chi connectivity index (χ3v) is 0.805. The molecule has 2 nitrogen and oxygen atoms in total. The largest absolute Gasteiger partial charge is 0.271 e. The van der Waals surface area contributed by atoms with Crippen molar-refractivity contribution in [1.29, 1.82) is 0 Å². The molecule has 0 spiro atoms. The molecule has 0 saturated carbocycles. The van der Waals surface area contributed by atoms with Crippen LogP contribution in [0.3, 0.4) is 0 Å². The van der Waals surface area contributed by atoms with Crippen LogP contribution in [0.2, 0.25) is 0 Å². The van der Waals surface area contributed by atoms with Crippen LogP contribution in [0.1, 0.15) is 13.3 Å². The van der Waals surface area contributed by atoms with Gasteiger partial charge in [-0.05, 0) is 13.3 Å². The Hall–Kier alpha value is -0.340. The Kier molecular flexibility index (Phi) is 3.65. The lowest BCUT2D eigenvalue weighted by Crippen LogP contribution is -2.31. The molecule has 7 heavy (non-hydrogen) atoms. The second-order valence-corrected chi connectivity index (χ2v) is 1.59. The molecule has 0 radical (unpaired) electrons. The quantitative estimate of drug-likeness (QED) is 0.306. The van der Waals surface area contributed by atoms with E-state index in [0.29, 0.717) is 6.04 Å². The van der Waals surface area contributed by atoms with Gasteiger partial charge in [-0.15, -0.1) is 6.58 Å². The van der Waals surface area contributed by atoms with Crippen molar-refractivity contribution in [1.82, 2.24) is 5.43 Å². The Morgan fingerprint density at radius 3 is 2.71 bits per heavy atom. The van der Waals surface area contributed by atoms with E-state index < -0.39 is 0 Å². The topological polar surface area (TPSA) is 38.0 Å². The molecule has 0 aromatic heterocycles. The van der Waals surface area contributed by atoms with Crippen LogP contribution in [0.15, 0.2) is 12.7 Å². The molecule has 0 aliphatic rings. The number of hydrogen-bond donors (Lipinski definition) is 2. The summed E-state index contributed by atoms with van der Waals surface area (Å²) in [6.07, 6.45) is 2.76. The highest BCUT2D eigenvalue weighted by Gasteiger charge is 1.89. The highest BCUT2D eigenvalue weighted by atomic mass is 15.2. The summed E-state index contributed by atoms with van der Waals surface area (Å²) in [6, 6.07) is 0.359. The molecule has 1 atom stereocenters. The van der Waals surface area contributed by atoms with Gasteiger partial charge in [-0.25, -0.2) is 0 Å². The van der Waals surface area contributed by atoms with E-state index in [0.717, 1.165) is 6.42 Å². The SMILES string of the molecule is C=CCC(C)NN. The Morgan fingerprint density at radius 1 is 2.00 bits per heavy atom. The Balaban J connectivity index is 2.98. The maximum Gasteiger partial charge on any atom is 0.0216 e. The van der Waals surface area contributed by atoms with Crippen LogP contribution in [0.5, 0.6) is 0 Å². The molecule has 3 N–H and O–H groups in total. The van der Waals surface area contributed by atoms with Gasteiger partial charge in [0.05, 0.1) is 0 Å². The van der Waals surface area contributed by atoms with Gasteiger partial charge in [-0.3, -0.25) is 11.3 Å². The summed E-state index contributed by atoms with van der Waals surface area (Å²) in [4.78, 5) is 0. The maximum absolute atomic E-state index is 5.06. The van der Waals surface area contributed by atoms with Gasteiger partial charge in [0, 0.05) is 6.04 Å². The molecule has 0 aromatic rings. The first-order valence-corrected chi connectivity index (χ1v) is 2.38. The fourth-order valence-corrected chi connectivity index (χ4v) is 0.318. The highest BCUT2D eigenvalue weighted by molar-refractivity contribution is 4.72. The minimum Gasteiger partial charge on any atom is -0.271 e. The molecule has 0 aromatic carbocycles. The van der Waals surface area contributed by atoms with Crippen LogP contribution in [-0.2, 0) is 0 Å². The second kappa shape index (κ2) is 3.84. The third-order valence-electron chi connectivity index (χ3n) is 0.805. The molecule has 0 amide bonds. The zero-order valence-electron chi connectivity index (χ0n) is 4.65. The first-order valence-electron chi connectivity index (χ1n) is 2.38. The summed E-state index contributed by atoms with van der Waals surface area (Å²) in [5.74, 6) is 5.06. The predicted molar refractivity (Wildman–Crippen MR) is 31.6 cm³/mol. The monoisotopic (exact) mass is 100 g/mol. The zero-order valence-corrected chi connectivity index (χ0v) is 4.65. The molecule has 2 heteroatoms. The van der Waals surface area contributed by atoms with Crippen molar-refractivity contribution in [2.75, 3.05) is 0 Å². The van der Waals surface area contributed by atoms with Crippen LogP contribution >= 0.6 is 0 Å². The van der Waals surface area contributed by atoms with Crippen molar-refractivity contribution in [2.45, 2.75) is 19.4 Å². The molecule has 0 saturated heterocycles. The number of hydrogen-bond acceptors (Lipinski definition) is 2. The fourth-order valence-electron chi connectivity index (χ4n) is 0.318. The first-order chi connectivity index (χ1) is 3.31.